The minimum Gasteiger partial charge on any atom is -0.493 e. The van der Waals surface area contributed by atoms with Gasteiger partial charge in [-0.1, -0.05) is 18.2 Å². The number of amides is 1. The van der Waals surface area contributed by atoms with Crippen molar-refractivity contribution in [1.82, 2.24) is 9.55 Å². The molecule has 1 aliphatic rings. The number of nitrogens with zero attached hydrogens (tertiary/aromatic N) is 2. The molecule has 216 valence electrons. The Morgan fingerprint density at radius 1 is 0.884 bits per heavy atom. The number of fused-ring (bicyclic) bond motifs is 2. The van der Waals surface area contributed by atoms with E-state index in [0.29, 0.717) is 76.0 Å². The van der Waals surface area contributed by atoms with Crippen LogP contribution >= 0.6 is 0 Å². The molecule has 5 aromatic rings. The minimum absolute atomic E-state index is 0.0502. The summed E-state index contributed by atoms with van der Waals surface area (Å²) >= 11 is 0. The summed E-state index contributed by atoms with van der Waals surface area (Å²) < 4.78 is 18.5. The lowest BCUT2D eigenvalue weighted by Gasteiger charge is -2.24. The standard InChI is InChI=1S/C34H29N3O6/c1-20-31-26(10-7-11-27(31)38)37(22-8-5-4-6-9-22)34(40)32(20)33(39)36-21-12-14-23(15-13-21)43-28-16-17-35-25-19-30(42-3)29(41-2)18-24(25)28/h4-6,8-9,12-19H,7,10-11H2,1-3H3,(H,36,39). The van der Waals surface area contributed by atoms with Crippen LogP contribution in [0.1, 0.15) is 44.8 Å². The van der Waals surface area contributed by atoms with E-state index in [1.54, 1.807) is 81.9 Å². The number of carbonyl (C=O) groups is 2. The Kier molecular flexibility index (Phi) is 7.38. The Balaban J connectivity index is 1.30. The highest BCUT2D eigenvalue weighted by Gasteiger charge is 2.29. The molecule has 9 nitrogen and oxygen atoms in total. The van der Waals surface area contributed by atoms with Crippen molar-refractivity contribution >= 4 is 28.3 Å². The lowest BCUT2D eigenvalue weighted by Crippen LogP contribution is -2.35. The molecule has 0 fully saturated rings. The number of para-hydroxylation sites is 1. The van der Waals surface area contributed by atoms with Gasteiger partial charge in [0.2, 0.25) is 0 Å². The fourth-order valence-corrected chi connectivity index (χ4v) is 5.58. The van der Waals surface area contributed by atoms with Gasteiger partial charge in [0.15, 0.2) is 17.3 Å². The summed E-state index contributed by atoms with van der Waals surface area (Å²) in [7, 11) is 3.13. The number of rotatable bonds is 7. The van der Waals surface area contributed by atoms with E-state index in [-0.39, 0.29) is 11.3 Å². The Labute approximate surface area is 247 Å². The SMILES string of the molecule is COc1cc2nccc(Oc3ccc(NC(=O)c4c(C)c5c(n(-c6ccccc6)c4=O)CCCC5=O)cc3)c2cc1OC. The van der Waals surface area contributed by atoms with Gasteiger partial charge in [0.25, 0.3) is 11.5 Å². The van der Waals surface area contributed by atoms with E-state index in [1.807, 2.05) is 18.2 Å². The summed E-state index contributed by atoms with van der Waals surface area (Å²) in [6, 6.07) is 21.2. The molecule has 1 aliphatic carbocycles. The number of hydrogen-bond donors (Lipinski definition) is 1. The van der Waals surface area contributed by atoms with E-state index >= 15 is 0 Å². The first-order valence-electron chi connectivity index (χ1n) is 13.9. The van der Waals surface area contributed by atoms with Crippen LogP contribution in [0, 0.1) is 6.92 Å². The maximum atomic E-state index is 13.8. The van der Waals surface area contributed by atoms with Gasteiger partial charge >= 0.3 is 0 Å². The van der Waals surface area contributed by atoms with E-state index in [2.05, 4.69) is 10.3 Å². The average molecular weight is 576 g/mol. The summed E-state index contributed by atoms with van der Waals surface area (Å²) in [6.45, 7) is 1.67. The number of hydrogen-bond acceptors (Lipinski definition) is 7. The number of pyridine rings is 2. The summed E-state index contributed by atoms with van der Waals surface area (Å²) in [5, 5.41) is 3.57. The molecule has 1 amide bonds. The van der Waals surface area contributed by atoms with Gasteiger partial charge in [0.1, 0.15) is 17.1 Å². The number of Topliss-reactive ketones (excluding diaryl/α,β-unsaturated/α-hetero) is 1. The third-order valence-electron chi connectivity index (χ3n) is 7.61. The normalized spacial score (nSPS) is 12.5. The number of anilines is 1. The van der Waals surface area contributed by atoms with Gasteiger partial charge in [0, 0.05) is 46.7 Å². The summed E-state index contributed by atoms with van der Waals surface area (Å²) in [5.41, 5.74) is 2.79. The minimum atomic E-state index is -0.580. The molecule has 0 atom stereocenters. The van der Waals surface area contributed by atoms with Crippen molar-refractivity contribution in [3.05, 3.63) is 112 Å². The molecular weight excluding hydrogens is 546 g/mol. The third-order valence-corrected chi connectivity index (χ3v) is 7.61. The Hall–Kier alpha value is -5.44. The smallest absolute Gasteiger partial charge is 0.268 e. The lowest BCUT2D eigenvalue weighted by atomic mass is 9.88. The molecule has 0 aliphatic heterocycles. The number of benzene rings is 3. The van der Waals surface area contributed by atoms with Crippen molar-refractivity contribution in [3.8, 4) is 28.7 Å². The van der Waals surface area contributed by atoms with Crippen molar-refractivity contribution < 1.29 is 23.8 Å². The first kappa shape index (κ1) is 27.7. The molecule has 1 N–H and O–H groups in total. The summed E-state index contributed by atoms with van der Waals surface area (Å²) in [5.74, 6) is 1.58. The first-order chi connectivity index (χ1) is 20.9. The van der Waals surface area contributed by atoms with Gasteiger partial charge < -0.3 is 19.5 Å². The number of nitrogens with one attached hydrogen (secondary N) is 1. The highest BCUT2D eigenvalue weighted by molar-refractivity contribution is 6.08. The molecule has 43 heavy (non-hydrogen) atoms. The van der Waals surface area contributed by atoms with E-state index in [4.69, 9.17) is 14.2 Å². The zero-order valence-electron chi connectivity index (χ0n) is 24.0. The van der Waals surface area contributed by atoms with Crippen LogP contribution in [0.25, 0.3) is 16.6 Å². The molecule has 2 aromatic heterocycles. The predicted molar refractivity (Wildman–Crippen MR) is 163 cm³/mol. The van der Waals surface area contributed by atoms with Gasteiger partial charge in [-0.25, -0.2) is 0 Å². The van der Waals surface area contributed by atoms with Crippen LogP contribution < -0.4 is 25.1 Å². The van der Waals surface area contributed by atoms with E-state index < -0.39 is 11.5 Å². The number of ether oxygens (including phenoxy) is 3. The van der Waals surface area contributed by atoms with Gasteiger partial charge in [-0.05, 0) is 73.9 Å². The monoisotopic (exact) mass is 575 g/mol. The summed E-state index contributed by atoms with van der Waals surface area (Å²) in [4.78, 5) is 44.8. The highest BCUT2D eigenvalue weighted by Crippen LogP contribution is 2.37. The molecule has 0 spiro atoms. The van der Waals surface area contributed by atoms with E-state index in [9.17, 15) is 14.4 Å². The Bertz CT molecular complexity index is 1930. The largest absolute Gasteiger partial charge is 0.493 e. The Morgan fingerprint density at radius 3 is 2.33 bits per heavy atom. The van der Waals surface area contributed by atoms with Gasteiger partial charge in [-0.2, -0.15) is 0 Å². The second-order valence-electron chi connectivity index (χ2n) is 10.2. The maximum absolute atomic E-state index is 13.8. The van der Waals surface area contributed by atoms with Crippen LogP contribution in [-0.2, 0) is 6.42 Å². The highest BCUT2D eigenvalue weighted by atomic mass is 16.5. The van der Waals surface area contributed by atoms with E-state index in [0.717, 1.165) is 5.39 Å². The number of carbonyl (C=O) groups excluding carboxylic acids is 2. The van der Waals surface area contributed by atoms with E-state index in [1.165, 1.54) is 4.57 Å². The maximum Gasteiger partial charge on any atom is 0.268 e. The average Bonchev–Trinajstić information content (AvgIpc) is 3.02. The number of methoxy groups -OCH3 is 2. The second-order valence-corrected chi connectivity index (χ2v) is 10.2. The second kappa shape index (κ2) is 11.4. The van der Waals surface area contributed by atoms with Crippen molar-refractivity contribution in [3.63, 3.8) is 0 Å². The molecule has 0 bridgehead atoms. The van der Waals surface area contributed by atoms with Crippen LogP contribution in [0.15, 0.2) is 83.8 Å². The van der Waals surface area contributed by atoms with Gasteiger partial charge in [-0.3, -0.25) is 23.9 Å². The molecule has 3 aromatic carbocycles. The van der Waals surface area contributed by atoms with Gasteiger partial charge in [-0.15, -0.1) is 0 Å². The molecule has 6 rings (SSSR count). The van der Waals surface area contributed by atoms with Crippen LogP contribution in [0.3, 0.4) is 0 Å². The fraction of sp³-hybridized carbons (Fsp3) is 0.176. The molecule has 0 radical (unpaired) electrons. The van der Waals surface area contributed by atoms with Crippen molar-refractivity contribution in [2.24, 2.45) is 0 Å². The molecule has 0 unspecified atom stereocenters. The molecule has 0 saturated carbocycles. The summed E-state index contributed by atoms with van der Waals surface area (Å²) in [6.07, 6.45) is 3.28. The number of ketones is 1. The zero-order valence-corrected chi connectivity index (χ0v) is 24.0. The Morgan fingerprint density at radius 2 is 1.60 bits per heavy atom. The quantitative estimate of drug-likeness (QED) is 0.243. The molecule has 0 saturated heterocycles. The molecule has 2 heterocycles. The molecule has 9 heteroatoms. The van der Waals surface area contributed by atoms with Gasteiger partial charge in [0.05, 0.1) is 19.7 Å². The molecular formula is C34H29N3O6. The number of aromatic nitrogens is 2. The van der Waals surface area contributed by atoms with Crippen molar-refractivity contribution in [2.75, 3.05) is 19.5 Å². The topological polar surface area (TPSA) is 109 Å². The van der Waals surface area contributed by atoms with Crippen molar-refractivity contribution in [2.45, 2.75) is 26.2 Å². The third kappa shape index (κ3) is 5.10. The lowest BCUT2D eigenvalue weighted by molar-refractivity contribution is 0.0970. The van der Waals surface area contributed by atoms with Crippen LogP contribution in [-0.4, -0.2) is 35.5 Å². The zero-order chi connectivity index (χ0) is 30.1. The van der Waals surface area contributed by atoms with Crippen LogP contribution in [0.2, 0.25) is 0 Å². The van der Waals surface area contributed by atoms with Crippen molar-refractivity contribution in [1.29, 1.82) is 0 Å². The fourth-order valence-electron chi connectivity index (χ4n) is 5.58. The van der Waals surface area contributed by atoms with Crippen LogP contribution in [0.4, 0.5) is 5.69 Å². The predicted octanol–water partition coefficient (Wildman–Crippen LogP) is 6.27. The first-order valence-corrected chi connectivity index (χ1v) is 13.9. The van der Waals surface area contributed by atoms with Crippen LogP contribution in [0.5, 0.6) is 23.0 Å².